The van der Waals surface area contributed by atoms with Crippen molar-refractivity contribution in [1.82, 2.24) is 14.9 Å². The molecule has 0 saturated heterocycles. The Morgan fingerprint density at radius 1 is 1.29 bits per heavy atom. The van der Waals surface area contributed by atoms with E-state index >= 15 is 0 Å². The summed E-state index contributed by atoms with van der Waals surface area (Å²) < 4.78 is 2.27. The first-order valence-electron chi connectivity index (χ1n) is 7.38. The van der Waals surface area contributed by atoms with Crippen LogP contribution in [0.15, 0.2) is 41.4 Å². The minimum atomic E-state index is 0.683. The Labute approximate surface area is 129 Å². The van der Waals surface area contributed by atoms with E-state index in [0.717, 1.165) is 25.3 Å². The molecule has 0 radical (unpaired) electrons. The smallest absolute Gasteiger partial charge is 0.0795 e. The van der Waals surface area contributed by atoms with Gasteiger partial charge in [-0.15, -0.1) is 11.3 Å². The van der Waals surface area contributed by atoms with Crippen molar-refractivity contribution in [3.63, 3.8) is 0 Å². The Morgan fingerprint density at radius 3 is 2.95 bits per heavy atom. The number of benzene rings is 1. The molecule has 3 aromatic rings. The summed E-state index contributed by atoms with van der Waals surface area (Å²) in [5.74, 6) is 0.683. The van der Waals surface area contributed by atoms with Crippen molar-refractivity contribution in [1.29, 1.82) is 0 Å². The van der Waals surface area contributed by atoms with Gasteiger partial charge in [0.15, 0.2) is 0 Å². The quantitative estimate of drug-likeness (QED) is 0.748. The summed E-state index contributed by atoms with van der Waals surface area (Å²) >= 11 is 1.65. The second kappa shape index (κ2) is 6.41. The molecule has 0 spiro atoms. The average Bonchev–Trinajstić information content (AvgIpc) is 3.09. The van der Waals surface area contributed by atoms with E-state index in [4.69, 9.17) is 0 Å². The topological polar surface area (TPSA) is 29.9 Å². The van der Waals surface area contributed by atoms with Gasteiger partial charge in [0.1, 0.15) is 0 Å². The minimum absolute atomic E-state index is 0.683. The van der Waals surface area contributed by atoms with E-state index in [9.17, 15) is 0 Å². The molecule has 4 heteroatoms. The van der Waals surface area contributed by atoms with E-state index in [1.807, 2.05) is 5.51 Å². The fourth-order valence-electron chi connectivity index (χ4n) is 2.47. The number of rotatable bonds is 6. The van der Waals surface area contributed by atoms with Crippen LogP contribution in [0.5, 0.6) is 0 Å². The van der Waals surface area contributed by atoms with Gasteiger partial charge in [-0.3, -0.25) is 0 Å². The largest absolute Gasteiger partial charge is 0.341 e. The monoisotopic (exact) mass is 299 g/mol. The van der Waals surface area contributed by atoms with Gasteiger partial charge >= 0.3 is 0 Å². The van der Waals surface area contributed by atoms with Gasteiger partial charge < -0.3 is 9.88 Å². The van der Waals surface area contributed by atoms with E-state index in [1.165, 1.54) is 16.5 Å². The van der Waals surface area contributed by atoms with Crippen molar-refractivity contribution in [2.75, 3.05) is 6.54 Å². The summed E-state index contributed by atoms with van der Waals surface area (Å²) in [6.07, 6.45) is 2.15. The SMILES string of the molecule is CC(C)CNCc1ccc2ccn(Cc3cscn3)c2c1. The Morgan fingerprint density at radius 2 is 2.19 bits per heavy atom. The minimum Gasteiger partial charge on any atom is -0.341 e. The van der Waals surface area contributed by atoms with Crippen molar-refractivity contribution in [3.05, 3.63) is 52.6 Å². The van der Waals surface area contributed by atoms with Crippen LogP contribution in [0.4, 0.5) is 0 Å². The first-order valence-corrected chi connectivity index (χ1v) is 8.32. The number of hydrogen-bond donors (Lipinski definition) is 1. The summed E-state index contributed by atoms with van der Waals surface area (Å²) in [5.41, 5.74) is 5.64. The zero-order valence-electron chi connectivity index (χ0n) is 12.5. The second-order valence-electron chi connectivity index (χ2n) is 5.84. The maximum absolute atomic E-state index is 4.37. The number of thiazole rings is 1. The fraction of sp³-hybridized carbons (Fsp3) is 0.353. The standard InChI is InChI=1S/C17H21N3S/c1-13(2)8-18-9-14-3-4-15-5-6-20(17(15)7-14)10-16-11-21-12-19-16/h3-7,11-13,18H,8-10H2,1-2H3. The molecule has 0 unspecified atom stereocenters. The number of nitrogens with zero attached hydrogens (tertiary/aromatic N) is 2. The van der Waals surface area contributed by atoms with Gasteiger partial charge in [-0.25, -0.2) is 4.98 Å². The molecule has 110 valence electrons. The van der Waals surface area contributed by atoms with Gasteiger partial charge in [0.25, 0.3) is 0 Å². The molecule has 0 fully saturated rings. The van der Waals surface area contributed by atoms with Crippen molar-refractivity contribution in [2.45, 2.75) is 26.9 Å². The molecule has 3 rings (SSSR count). The van der Waals surface area contributed by atoms with Crippen LogP contribution < -0.4 is 5.32 Å². The van der Waals surface area contributed by atoms with Crippen molar-refractivity contribution in [3.8, 4) is 0 Å². The number of hydrogen-bond acceptors (Lipinski definition) is 3. The molecule has 3 nitrogen and oxygen atoms in total. The van der Waals surface area contributed by atoms with Gasteiger partial charge in [-0.2, -0.15) is 0 Å². The summed E-state index contributed by atoms with van der Waals surface area (Å²) in [4.78, 5) is 4.37. The lowest BCUT2D eigenvalue weighted by Gasteiger charge is -2.09. The predicted molar refractivity (Wildman–Crippen MR) is 89.7 cm³/mol. The Kier molecular flexibility index (Phi) is 4.36. The van der Waals surface area contributed by atoms with E-state index in [0.29, 0.717) is 5.92 Å². The van der Waals surface area contributed by atoms with Gasteiger partial charge in [0.05, 0.1) is 17.7 Å². The number of nitrogens with one attached hydrogen (secondary N) is 1. The van der Waals surface area contributed by atoms with Gasteiger partial charge in [0.2, 0.25) is 0 Å². The zero-order chi connectivity index (χ0) is 14.7. The van der Waals surface area contributed by atoms with Gasteiger partial charge in [0, 0.05) is 23.6 Å². The average molecular weight is 299 g/mol. The highest BCUT2D eigenvalue weighted by atomic mass is 32.1. The van der Waals surface area contributed by atoms with E-state index in [1.54, 1.807) is 11.3 Å². The van der Waals surface area contributed by atoms with Crippen LogP contribution in [0.1, 0.15) is 25.1 Å². The zero-order valence-corrected chi connectivity index (χ0v) is 13.4. The van der Waals surface area contributed by atoms with Crippen LogP contribution >= 0.6 is 11.3 Å². The Hall–Kier alpha value is -1.65. The molecule has 1 aromatic carbocycles. The van der Waals surface area contributed by atoms with Crippen molar-refractivity contribution >= 4 is 22.2 Å². The van der Waals surface area contributed by atoms with Crippen LogP contribution in [0.25, 0.3) is 10.9 Å². The summed E-state index contributed by atoms with van der Waals surface area (Å²) in [6.45, 7) is 7.29. The molecule has 0 atom stereocenters. The van der Waals surface area contributed by atoms with E-state index in [-0.39, 0.29) is 0 Å². The first kappa shape index (κ1) is 14.3. The summed E-state index contributed by atoms with van der Waals surface area (Å²) in [6, 6.07) is 8.88. The summed E-state index contributed by atoms with van der Waals surface area (Å²) in [7, 11) is 0. The van der Waals surface area contributed by atoms with E-state index < -0.39 is 0 Å². The third-order valence-corrected chi connectivity index (χ3v) is 4.17. The van der Waals surface area contributed by atoms with Crippen molar-refractivity contribution < 1.29 is 0 Å². The van der Waals surface area contributed by atoms with Crippen LogP contribution in [0, 0.1) is 5.92 Å². The fourth-order valence-corrected chi connectivity index (χ4v) is 3.02. The van der Waals surface area contributed by atoms with Crippen LogP contribution in [0.3, 0.4) is 0 Å². The maximum Gasteiger partial charge on any atom is 0.0795 e. The van der Waals surface area contributed by atoms with Gasteiger partial charge in [-0.05, 0) is 35.5 Å². The molecule has 2 aromatic heterocycles. The van der Waals surface area contributed by atoms with Gasteiger partial charge in [-0.1, -0.05) is 26.0 Å². The molecule has 0 saturated carbocycles. The number of aromatic nitrogens is 2. The lowest BCUT2D eigenvalue weighted by Crippen LogP contribution is -2.18. The molecule has 0 amide bonds. The molecule has 0 aliphatic carbocycles. The van der Waals surface area contributed by atoms with Crippen molar-refractivity contribution in [2.24, 2.45) is 5.92 Å². The Balaban J connectivity index is 1.79. The normalized spacial score (nSPS) is 11.6. The highest BCUT2D eigenvalue weighted by Crippen LogP contribution is 2.19. The third-order valence-electron chi connectivity index (χ3n) is 3.54. The molecule has 21 heavy (non-hydrogen) atoms. The first-order chi connectivity index (χ1) is 10.2. The number of fused-ring (bicyclic) bond motifs is 1. The maximum atomic E-state index is 4.37. The third kappa shape index (κ3) is 3.52. The molecule has 2 heterocycles. The van der Waals surface area contributed by atoms with Crippen LogP contribution in [-0.4, -0.2) is 16.1 Å². The van der Waals surface area contributed by atoms with E-state index in [2.05, 4.69) is 64.6 Å². The highest BCUT2D eigenvalue weighted by Gasteiger charge is 2.04. The molecular formula is C17H21N3S. The highest BCUT2D eigenvalue weighted by molar-refractivity contribution is 7.07. The van der Waals surface area contributed by atoms with Crippen LogP contribution in [-0.2, 0) is 13.1 Å². The molecule has 1 N–H and O–H groups in total. The molecule has 0 aliphatic heterocycles. The lowest BCUT2D eigenvalue weighted by atomic mass is 10.1. The molecule has 0 aliphatic rings. The lowest BCUT2D eigenvalue weighted by molar-refractivity contribution is 0.552. The Bertz CT molecular complexity index is 698. The molecule has 0 bridgehead atoms. The summed E-state index contributed by atoms with van der Waals surface area (Å²) in [5, 5.41) is 6.90. The molecular weight excluding hydrogens is 278 g/mol. The second-order valence-corrected chi connectivity index (χ2v) is 6.56. The van der Waals surface area contributed by atoms with Crippen LogP contribution in [0.2, 0.25) is 0 Å². The predicted octanol–water partition coefficient (Wildman–Crippen LogP) is 3.89.